The van der Waals surface area contributed by atoms with Crippen LogP contribution < -0.4 is 5.32 Å². The summed E-state index contributed by atoms with van der Waals surface area (Å²) in [6, 6.07) is 11.1. The predicted octanol–water partition coefficient (Wildman–Crippen LogP) is 0.373. The predicted molar refractivity (Wildman–Crippen MR) is 56.5 cm³/mol. The van der Waals surface area contributed by atoms with Crippen molar-refractivity contribution in [3.05, 3.63) is 35.9 Å². The molecule has 1 rings (SSSR count). The molecule has 1 aromatic carbocycles. The number of hydrogen-bond acceptors (Lipinski definition) is 2. The number of benzene rings is 1. The van der Waals surface area contributed by atoms with Crippen LogP contribution >= 0.6 is 0 Å². The largest absolute Gasteiger partial charge is 0.384 e. The first-order valence-electron chi connectivity index (χ1n) is 4.28. The lowest BCUT2D eigenvalue weighted by Crippen LogP contribution is -2.17. The van der Waals surface area contributed by atoms with Gasteiger partial charge in [0, 0.05) is 17.5 Å². The van der Waals surface area contributed by atoms with Crippen LogP contribution in [0.2, 0.25) is 0 Å². The summed E-state index contributed by atoms with van der Waals surface area (Å²) in [7, 11) is 0. The van der Waals surface area contributed by atoms with Crippen molar-refractivity contribution in [1.82, 2.24) is 5.32 Å². The molecule has 15 heavy (non-hydrogen) atoms. The smallest absolute Gasteiger partial charge is 0.262 e. The molecule has 0 aliphatic rings. The Morgan fingerprint density at radius 2 is 2.00 bits per heavy atom. The van der Waals surface area contributed by atoms with E-state index in [0.29, 0.717) is 5.56 Å². The van der Waals surface area contributed by atoms with Gasteiger partial charge in [-0.1, -0.05) is 24.1 Å². The van der Waals surface area contributed by atoms with Gasteiger partial charge < -0.3 is 5.11 Å². The van der Waals surface area contributed by atoms with Crippen molar-refractivity contribution in [2.45, 2.75) is 0 Å². The Morgan fingerprint density at radius 1 is 1.27 bits per heavy atom. The van der Waals surface area contributed by atoms with Gasteiger partial charge in [0.2, 0.25) is 0 Å². The van der Waals surface area contributed by atoms with Crippen molar-refractivity contribution in [3.8, 4) is 23.8 Å². The number of carbonyl (C=O) groups is 1. The molecular formula is C12H9NO2. The van der Waals surface area contributed by atoms with Gasteiger partial charge in [-0.05, 0) is 18.1 Å². The Kier molecular flexibility index (Phi) is 4.53. The minimum atomic E-state index is -0.270. The molecule has 0 aliphatic heterocycles. The van der Waals surface area contributed by atoms with Gasteiger partial charge in [0.25, 0.3) is 5.91 Å². The second-order valence-electron chi connectivity index (χ2n) is 2.53. The van der Waals surface area contributed by atoms with Crippen molar-refractivity contribution in [1.29, 1.82) is 0 Å². The van der Waals surface area contributed by atoms with Crippen molar-refractivity contribution < 1.29 is 9.90 Å². The molecule has 0 atom stereocenters. The number of nitrogens with one attached hydrogen (secondary N) is 1. The lowest BCUT2D eigenvalue weighted by Gasteiger charge is -1.95. The fraction of sp³-hybridized carbons (Fsp3) is 0.0833. The van der Waals surface area contributed by atoms with Gasteiger partial charge in [0.05, 0.1) is 0 Å². The quantitative estimate of drug-likeness (QED) is 0.507. The van der Waals surface area contributed by atoms with E-state index in [0.717, 1.165) is 0 Å². The molecule has 3 nitrogen and oxygen atoms in total. The molecule has 2 N–H and O–H groups in total. The van der Waals surface area contributed by atoms with Crippen LogP contribution in [0.25, 0.3) is 0 Å². The lowest BCUT2D eigenvalue weighted by atomic mass is 10.2. The van der Waals surface area contributed by atoms with Crippen LogP contribution in [0.4, 0.5) is 0 Å². The Balaban J connectivity index is 2.53. The van der Waals surface area contributed by atoms with Crippen LogP contribution in [0, 0.1) is 23.8 Å². The molecule has 0 radical (unpaired) electrons. The highest BCUT2D eigenvalue weighted by molar-refractivity contribution is 5.95. The zero-order valence-electron chi connectivity index (χ0n) is 7.95. The van der Waals surface area contributed by atoms with E-state index in [1.54, 1.807) is 24.3 Å². The van der Waals surface area contributed by atoms with E-state index in [1.165, 1.54) is 0 Å². The van der Waals surface area contributed by atoms with E-state index in [9.17, 15) is 4.79 Å². The minimum absolute atomic E-state index is 0.235. The van der Waals surface area contributed by atoms with Crippen LogP contribution in [-0.2, 0) is 0 Å². The maximum Gasteiger partial charge on any atom is 0.262 e. The molecule has 0 bridgehead atoms. The first-order valence-corrected chi connectivity index (χ1v) is 4.28. The van der Waals surface area contributed by atoms with E-state index in [4.69, 9.17) is 5.11 Å². The SMILES string of the molecule is O=C(NC#CC#CCO)c1ccccc1. The topological polar surface area (TPSA) is 49.3 Å². The molecule has 0 saturated carbocycles. The molecule has 74 valence electrons. The molecule has 0 saturated heterocycles. The first-order chi connectivity index (χ1) is 7.34. The number of aliphatic hydroxyl groups is 1. The average molecular weight is 199 g/mol. The highest BCUT2D eigenvalue weighted by Crippen LogP contribution is 1.96. The van der Waals surface area contributed by atoms with Crippen molar-refractivity contribution >= 4 is 5.91 Å². The third-order valence-electron chi connectivity index (χ3n) is 1.50. The molecule has 0 spiro atoms. The number of carbonyl (C=O) groups excluding carboxylic acids is 1. The van der Waals surface area contributed by atoms with Crippen LogP contribution in [0.15, 0.2) is 30.3 Å². The second kappa shape index (κ2) is 6.26. The van der Waals surface area contributed by atoms with Crippen molar-refractivity contribution in [3.63, 3.8) is 0 Å². The maximum atomic E-state index is 11.4. The molecular weight excluding hydrogens is 190 g/mol. The number of rotatable bonds is 1. The highest BCUT2D eigenvalue weighted by atomic mass is 16.2. The zero-order chi connectivity index (χ0) is 10.9. The van der Waals surface area contributed by atoms with E-state index >= 15 is 0 Å². The molecule has 0 fully saturated rings. The molecule has 0 unspecified atom stereocenters. The lowest BCUT2D eigenvalue weighted by molar-refractivity contribution is 0.0973. The van der Waals surface area contributed by atoms with Crippen LogP contribution in [-0.4, -0.2) is 17.6 Å². The maximum absolute atomic E-state index is 11.4. The minimum Gasteiger partial charge on any atom is -0.384 e. The number of amides is 1. The molecule has 0 aromatic heterocycles. The van der Waals surface area contributed by atoms with Gasteiger partial charge >= 0.3 is 0 Å². The van der Waals surface area contributed by atoms with E-state index < -0.39 is 0 Å². The van der Waals surface area contributed by atoms with E-state index in [2.05, 4.69) is 29.1 Å². The fourth-order valence-corrected chi connectivity index (χ4v) is 0.865. The number of hydrogen-bond donors (Lipinski definition) is 2. The van der Waals surface area contributed by atoms with Crippen LogP contribution in [0.3, 0.4) is 0 Å². The summed E-state index contributed by atoms with van der Waals surface area (Å²) in [5.41, 5.74) is 0.543. The summed E-state index contributed by atoms with van der Waals surface area (Å²) in [4.78, 5) is 11.4. The Bertz CT molecular complexity index is 443. The summed E-state index contributed by atoms with van der Waals surface area (Å²) in [6.45, 7) is -0.235. The third kappa shape index (κ3) is 3.99. The summed E-state index contributed by atoms with van der Waals surface area (Å²) in [5, 5.41) is 10.7. The van der Waals surface area contributed by atoms with Gasteiger partial charge in [-0.3, -0.25) is 10.1 Å². The number of aliphatic hydroxyl groups excluding tert-OH is 1. The van der Waals surface area contributed by atoms with Gasteiger partial charge in [-0.25, -0.2) is 0 Å². The first kappa shape index (κ1) is 10.8. The molecule has 0 aliphatic carbocycles. The molecule has 3 heteroatoms. The highest BCUT2D eigenvalue weighted by Gasteiger charge is 1.99. The van der Waals surface area contributed by atoms with Gasteiger partial charge in [0.15, 0.2) is 0 Å². The van der Waals surface area contributed by atoms with Crippen molar-refractivity contribution in [2.75, 3.05) is 6.61 Å². The van der Waals surface area contributed by atoms with Gasteiger partial charge in [-0.2, -0.15) is 0 Å². The monoisotopic (exact) mass is 199 g/mol. The van der Waals surface area contributed by atoms with E-state index in [-0.39, 0.29) is 12.5 Å². The molecule has 1 aromatic rings. The third-order valence-corrected chi connectivity index (χ3v) is 1.50. The fourth-order valence-electron chi connectivity index (χ4n) is 0.865. The van der Waals surface area contributed by atoms with Crippen LogP contribution in [0.1, 0.15) is 10.4 Å². The van der Waals surface area contributed by atoms with Gasteiger partial charge in [0.1, 0.15) is 6.61 Å². The normalized spacial score (nSPS) is 7.80. The van der Waals surface area contributed by atoms with Crippen LogP contribution in [0.5, 0.6) is 0 Å². The van der Waals surface area contributed by atoms with Crippen molar-refractivity contribution in [2.24, 2.45) is 0 Å². The Morgan fingerprint density at radius 3 is 2.67 bits per heavy atom. The summed E-state index contributed by atoms with van der Waals surface area (Å²) < 4.78 is 0. The molecule has 0 heterocycles. The summed E-state index contributed by atoms with van der Waals surface area (Å²) in [6.07, 6.45) is 0. The summed E-state index contributed by atoms with van der Waals surface area (Å²) >= 11 is 0. The zero-order valence-corrected chi connectivity index (χ0v) is 7.95. The standard InChI is InChI=1S/C12H9NO2/c14-10-6-2-5-9-13-12(15)11-7-3-1-4-8-11/h1,3-4,7-8,14H,10H2,(H,13,15). The average Bonchev–Trinajstić information content (AvgIpc) is 2.30. The Hall–Kier alpha value is -2.23. The summed E-state index contributed by atoms with van der Waals surface area (Å²) in [5.74, 6) is 6.82. The second-order valence-corrected chi connectivity index (χ2v) is 2.53. The Labute approximate surface area is 88.1 Å². The molecule has 1 amide bonds. The van der Waals surface area contributed by atoms with Gasteiger partial charge in [-0.15, -0.1) is 0 Å². The van der Waals surface area contributed by atoms with E-state index in [1.807, 2.05) is 6.07 Å².